The van der Waals surface area contributed by atoms with Gasteiger partial charge in [0.25, 0.3) is 0 Å². The minimum absolute atomic E-state index is 0.139. The number of aliphatic hydroxyl groups is 1. The maximum Gasteiger partial charge on any atom is 0.224 e. The first-order valence-corrected chi connectivity index (χ1v) is 7.31. The van der Waals surface area contributed by atoms with Gasteiger partial charge in [0.2, 0.25) is 5.91 Å². The van der Waals surface area contributed by atoms with Gasteiger partial charge in [-0.05, 0) is 36.6 Å². The van der Waals surface area contributed by atoms with E-state index in [1.54, 1.807) is 12.1 Å². The number of amides is 1. The molecular formula is C18H20FNO2. The second-order valence-corrected chi connectivity index (χ2v) is 5.43. The van der Waals surface area contributed by atoms with Gasteiger partial charge < -0.3 is 10.4 Å². The highest BCUT2D eigenvalue weighted by Gasteiger charge is 2.14. The van der Waals surface area contributed by atoms with E-state index in [9.17, 15) is 14.3 Å². The average Bonchev–Trinajstić information content (AvgIpc) is 2.50. The summed E-state index contributed by atoms with van der Waals surface area (Å²) in [7, 11) is 0. The summed E-state index contributed by atoms with van der Waals surface area (Å²) in [6, 6.07) is 15.1. The Labute approximate surface area is 129 Å². The van der Waals surface area contributed by atoms with Crippen LogP contribution in [0.25, 0.3) is 0 Å². The van der Waals surface area contributed by atoms with Crippen LogP contribution in [0.3, 0.4) is 0 Å². The molecule has 2 rings (SSSR count). The lowest BCUT2D eigenvalue weighted by atomic mass is 10.0. The number of hydrogen-bond acceptors (Lipinski definition) is 2. The molecule has 0 spiro atoms. The summed E-state index contributed by atoms with van der Waals surface area (Å²) < 4.78 is 12.8. The zero-order valence-electron chi connectivity index (χ0n) is 12.5. The molecule has 22 heavy (non-hydrogen) atoms. The lowest BCUT2D eigenvalue weighted by Gasteiger charge is -2.18. The van der Waals surface area contributed by atoms with Gasteiger partial charge in [-0.1, -0.05) is 42.5 Å². The van der Waals surface area contributed by atoms with Gasteiger partial charge in [0, 0.05) is 6.04 Å². The molecule has 0 aromatic heterocycles. The molecule has 0 bridgehead atoms. The first-order valence-electron chi connectivity index (χ1n) is 7.31. The van der Waals surface area contributed by atoms with Crippen molar-refractivity contribution in [1.29, 1.82) is 0 Å². The van der Waals surface area contributed by atoms with Gasteiger partial charge in [-0.2, -0.15) is 0 Å². The number of aliphatic hydroxyl groups excluding tert-OH is 1. The molecule has 0 unspecified atom stereocenters. The Kier molecular flexibility index (Phi) is 5.67. The van der Waals surface area contributed by atoms with Gasteiger partial charge in [0.15, 0.2) is 0 Å². The summed E-state index contributed by atoms with van der Waals surface area (Å²) >= 11 is 0. The first kappa shape index (κ1) is 16.2. The molecule has 0 radical (unpaired) electrons. The number of hydrogen-bond donors (Lipinski definition) is 2. The van der Waals surface area contributed by atoms with Crippen molar-refractivity contribution in [2.24, 2.45) is 0 Å². The second kappa shape index (κ2) is 7.71. The molecule has 2 aromatic carbocycles. The Balaban J connectivity index is 1.82. The molecule has 0 heterocycles. The van der Waals surface area contributed by atoms with Gasteiger partial charge in [0.1, 0.15) is 5.82 Å². The van der Waals surface area contributed by atoms with E-state index in [1.165, 1.54) is 12.1 Å². The molecule has 2 atom stereocenters. The van der Waals surface area contributed by atoms with E-state index in [1.807, 2.05) is 37.3 Å². The highest BCUT2D eigenvalue weighted by Crippen LogP contribution is 2.17. The number of carbonyl (C=O) groups is 1. The Morgan fingerprint density at radius 1 is 1.14 bits per heavy atom. The molecular weight excluding hydrogens is 281 g/mol. The molecule has 0 aliphatic rings. The summed E-state index contributed by atoms with van der Waals surface area (Å²) in [5, 5.41) is 13.0. The third kappa shape index (κ3) is 4.97. The number of carbonyl (C=O) groups excluding carboxylic acids is 1. The quantitative estimate of drug-likeness (QED) is 0.861. The predicted molar refractivity (Wildman–Crippen MR) is 83.7 cm³/mol. The smallest absolute Gasteiger partial charge is 0.224 e. The zero-order valence-corrected chi connectivity index (χ0v) is 12.5. The monoisotopic (exact) mass is 301 g/mol. The van der Waals surface area contributed by atoms with E-state index in [0.29, 0.717) is 6.42 Å². The van der Waals surface area contributed by atoms with E-state index < -0.39 is 6.10 Å². The Morgan fingerprint density at radius 3 is 2.41 bits per heavy atom. The van der Waals surface area contributed by atoms with Crippen LogP contribution >= 0.6 is 0 Å². The molecule has 0 saturated heterocycles. The van der Waals surface area contributed by atoms with Gasteiger partial charge in [-0.15, -0.1) is 0 Å². The topological polar surface area (TPSA) is 49.3 Å². The van der Waals surface area contributed by atoms with E-state index >= 15 is 0 Å². The normalized spacial score (nSPS) is 13.4. The van der Waals surface area contributed by atoms with Crippen molar-refractivity contribution in [2.45, 2.75) is 31.9 Å². The van der Waals surface area contributed by atoms with Gasteiger partial charge >= 0.3 is 0 Å². The summed E-state index contributed by atoms with van der Waals surface area (Å²) in [6.07, 6.45) is 0.0351. The van der Waals surface area contributed by atoms with Crippen LogP contribution in [-0.4, -0.2) is 17.1 Å². The van der Waals surface area contributed by atoms with Crippen LogP contribution in [0.4, 0.5) is 4.39 Å². The third-order valence-corrected chi connectivity index (χ3v) is 3.45. The summed E-state index contributed by atoms with van der Waals surface area (Å²) in [5.41, 5.74) is 1.59. The van der Waals surface area contributed by atoms with Crippen molar-refractivity contribution >= 4 is 5.91 Å². The summed E-state index contributed by atoms with van der Waals surface area (Å²) in [6.45, 7) is 1.86. The molecule has 2 N–H and O–H groups in total. The third-order valence-electron chi connectivity index (χ3n) is 3.45. The standard InChI is InChI=1S/C18H20FNO2/c1-13(11-17(21)15-5-3-2-4-6-15)20-18(22)12-14-7-9-16(19)10-8-14/h2-10,13,17,21H,11-12H2,1H3,(H,20,22)/t13-,17+/m1/s1. The Hall–Kier alpha value is -2.20. The number of rotatable bonds is 6. The number of halogens is 1. The molecule has 116 valence electrons. The minimum Gasteiger partial charge on any atom is -0.388 e. The van der Waals surface area contributed by atoms with Crippen LogP contribution in [-0.2, 0) is 11.2 Å². The zero-order chi connectivity index (χ0) is 15.9. The van der Waals surface area contributed by atoms with Crippen LogP contribution < -0.4 is 5.32 Å². The molecule has 0 fully saturated rings. The van der Waals surface area contributed by atoms with Crippen molar-refractivity contribution < 1.29 is 14.3 Å². The van der Waals surface area contributed by atoms with Crippen molar-refractivity contribution in [1.82, 2.24) is 5.32 Å². The van der Waals surface area contributed by atoms with Crippen molar-refractivity contribution in [3.05, 3.63) is 71.5 Å². The van der Waals surface area contributed by atoms with E-state index in [0.717, 1.165) is 11.1 Å². The maximum absolute atomic E-state index is 12.8. The van der Waals surface area contributed by atoms with Gasteiger partial charge in [0.05, 0.1) is 12.5 Å². The van der Waals surface area contributed by atoms with Crippen LogP contribution in [0.15, 0.2) is 54.6 Å². The molecule has 4 heteroatoms. The number of nitrogens with one attached hydrogen (secondary N) is 1. The van der Waals surface area contributed by atoms with Crippen molar-refractivity contribution in [2.75, 3.05) is 0 Å². The van der Waals surface area contributed by atoms with Crippen molar-refractivity contribution in [3.8, 4) is 0 Å². The Morgan fingerprint density at radius 2 is 1.77 bits per heavy atom. The fourth-order valence-corrected chi connectivity index (χ4v) is 2.32. The predicted octanol–water partition coefficient (Wildman–Crippen LogP) is 3.00. The second-order valence-electron chi connectivity index (χ2n) is 5.43. The van der Waals surface area contributed by atoms with Crippen molar-refractivity contribution in [3.63, 3.8) is 0 Å². The lowest BCUT2D eigenvalue weighted by molar-refractivity contribution is -0.121. The minimum atomic E-state index is -0.609. The van der Waals surface area contributed by atoms with E-state index in [-0.39, 0.29) is 24.2 Å². The molecule has 1 amide bonds. The maximum atomic E-state index is 12.8. The van der Waals surface area contributed by atoms with E-state index in [4.69, 9.17) is 0 Å². The number of benzene rings is 2. The molecule has 3 nitrogen and oxygen atoms in total. The average molecular weight is 301 g/mol. The highest BCUT2D eigenvalue weighted by atomic mass is 19.1. The lowest BCUT2D eigenvalue weighted by Crippen LogP contribution is -2.34. The van der Waals surface area contributed by atoms with Gasteiger partial charge in [-0.25, -0.2) is 4.39 Å². The molecule has 0 aliphatic heterocycles. The SMILES string of the molecule is C[C@H](C[C@H](O)c1ccccc1)NC(=O)Cc1ccc(F)cc1. The first-order chi connectivity index (χ1) is 10.5. The molecule has 0 saturated carbocycles. The Bertz CT molecular complexity index is 598. The molecule has 0 aliphatic carbocycles. The highest BCUT2D eigenvalue weighted by molar-refractivity contribution is 5.78. The fourth-order valence-electron chi connectivity index (χ4n) is 2.32. The van der Waals surface area contributed by atoms with Crippen LogP contribution in [0.2, 0.25) is 0 Å². The largest absolute Gasteiger partial charge is 0.388 e. The summed E-state index contributed by atoms with van der Waals surface area (Å²) in [4.78, 5) is 11.9. The summed E-state index contributed by atoms with van der Waals surface area (Å²) in [5.74, 6) is -0.456. The van der Waals surface area contributed by atoms with E-state index in [2.05, 4.69) is 5.32 Å². The van der Waals surface area contributed by atoms with Crippen LogP contribution in [0.5, 0.6) is 0 Å². The van der Waals surface area contributed by atoms with Gasteiger partial charge in [-0.3, -0.25) is 4.79 Å². The van der Waals surface area contributed by atoms with Crippen LogP contribution in [0.1, 0.15) is 30.6 Å². The fraction of sp³-hybridized carbons (Fsp3) is 0.278. The molecule has 2 aromatic rings. The van der Waals surface area contributed by atoms with Crippen LogP contribution in [0, 0.1) is 5.82 Å².